The van der Waals surface area contributed by atoms with Crippen molar-refractivity contribution in [2.45, 2.75) is 97.6 Å². The number of likely N-dealkylation sites (N-methyl/N-ethyl adjacent to an activating group) is 1. The Kier molecular flexibility index (Phi) is 12.8. The Bertz CT molecular complexity index is 3210. The molecule has 4 aromatic carbocycles. The van der Waals surface area contributed by atoms with Crippen LogP contribution in [0.1, 0.15) is 78.4 Å². The Hall–Kier alpha value is -4.86. The Balaban J connectivity index is 1.36. The van der Waals surface area contributed by atoms with Crippen molar-refractivity contribution in [1.82, 2.24) is 0 Å². The first-order chi connectivity index (χ1) is 29.1. The van der Waals surface area contributed by atoms with Crippen LogP contribution in [0.2, 0.25) is 0 Å². The average Bonchev–Trinajstić information content (AvgIpc) is 3.52. The number of hydrogen-bond acceptors (Lipinski definition) is 10. The van der Waals surface area contributed by atoms with Gasteiger partial charge in [-0.25, -0.2) is 0 Å². The number of benzene rings is 4. The Morgan fingerprint density at radius 2 is 1.16 bits per heavy atom. The predicted octanol–water partition coefficient (Wildman–Crippen LogP) is 7.88. The van der Waals surface area contributed by atoms with Crippen molar-refractivity contribution in [3.05, 3.63) is 108 Å². The first-order valence-corrected chi connectivity index (χ1v) is 25.6. The number of Topliss-reactive ketones (excluding diaryl/α,β-unsaturated/α-hetero) is 1. The summed E-state index contributed by atoms with van der Waals surface area (Å²) in [5.74, 6) is 0.0905. The number of carbonyl (C=O) groups is 1. The molecule has 336 valence electrons. The van der Waals surface area contributed by atoms with Gasteiger partial charge in [0.2, 0.25) is 5.69 Å². The summed E-state index contributed by atoms with van der Waals surface area (Å²) in [5.41, 5.74) is 2.51. The second-order valence-electron chi connectivity index (χ2n) is 16.6. The summed E-state index contributed by atoms with van der Waals surface area (Å²) < 4.78 is 141. The SMILES string of the molecule is CCN1C(=CC=CC=CC=CC2=[N+](CCCCCC(C)=O)c3ccc4c(S(=O)(=O)O)cc(S(=O)(=O)O)cc4c3C2(C)C)C(C)(C)c2c1ccc1c(S(=O)(=O)O)cc(S(=O)(=O)O)cc21. The number of anilines is 1. The molecule has 0 aromatic heterocycles. The fourth-order valence-corrected chi connectivity index (χ4v) is 11.6. The maximum atomic E-state index is 12.5. The Labute approximate surface area is 367 Å². The number of nitrogens with zero attached hydrogens (tertiary/aromatic N) is 2. The fourth-order valence-electron chi connectivity index (χ4n) is 8.89. The van der Waals surface area contributed by atoms with E-state index in [2.05, 4.69) is 4.58 Å². The molecule has 0 amide bonds. The van der Waals surface area contributed by atoms with Gasteiger partial charge in [-0.2, -0.15) is 38.2 Å². The minimum absolute atomic E-state index is 0.0802. The van der Waals surface area contributed by atoms with Gasteiger partial charge in [-0.1, -0.05) is 50.3 Å². The summed E-state index contributed by atoms with van der Waals surface area (Å²) in [5, 5.41) is 0.634. The molecule has 0 saturated carbocycles. The minimum Gasteiger partial charge on any atom is -0.344 e. The van der Waals surface area contributed by atoms with E-state index < -0.39 is 70.9 Å². The third-order valence-electron chi connectivity index (χ3n) is 11.6. The molecule has 4 aromatic rings. The van der Waals surface area contributed by atoms with Gasteiger partial charge in [0, 0.05) is 64.7 Å². The zero-order valence-corrected chi connectivity index (χ0v) is 38.7. The van der Waals surface area contributed by atoms with Gasteiger partial charge in [-0.3, -0.25) is 18.2 Å². The molecule has 0 atom stereocenters. The summed E-state index contributed by atoms with van der Waals surface area (Å²) in [6.45, 7) is 12.1. The molecule has 0 fully saturated rings. The van der Waals surface area contributed by atoms with Gasteiger partial charge in [0.1, 0.15) is 22.1 Å². The summed E-state index contributed by atoms with van der Waals surface area (Å²) >= 11 is 0. The lowest BCUT2D eigenvalue weighted by Crippen LogP contribution is -2.28. The van der Waals surface area contributed by atoms with Crippen molar-refractivity contribution in [3.8, 4) is 0 Å². The van der Waals surface area contributed by atoms with E-state index in [-0.39, 0.29) is 27.3 Å². The zero-order valence-electron chi connectivity index (χ0n) is 35.4. The second-order valence-corrected chi connectivity index (χ2v) is 22.2. The molecule has 0 aliphatic carbocycles. The number of hydrogen-bond donors (Lipinski definition) is 4. The highest BCUT2D eigenvalue weighted by Crippen LogP contribution is 2.52. The molecule has 4 N–H and O–H groups in total. The molecule has 0 bridgehead atoms. The number of allylic oxidation sites excluding steroid dienone is 8. The molecule has 6 rings (SSSR count). The highest BCUT2D eigenvalue weighted by Gasteiger charge is 2.46. The summed E-state index contributed by atoms with van der Waals surface area (Å²) in [7, 11) is -19.5. The third kappa shape index (κ3) is 9.24. The highest BCUT2D eigenvalue weighted by atomic mass is 32.2. The maximum absolute atomic E-state index is 12.5. The molecule has 19 heteroatoms. The number of unbranched alkanes of at least 4 members (excludes halogenated alkanes) is 2. The summed E-state index contributed by atoms with van der Waals surface area (Å²) in [6.07, 6.45) is 15.4. The van der Waals surface area contributed by atoms with Crippen molar-refractivity contribution in [1.29, 1.82) is 0 Å². The van der Waals surface area contributed by atoms with Gasteiger partial charge >= 0.3 is 0 Å². The molecule has 63 heavy (non-hydrogen) atoms. The largest absolute Gasteiger partial charge is 0.344 e. The van der Waals surface area contributed by atoms with Crippen molar-refractivity contribution in [2.24, 2.45) is 0 Å². The van der Waals surface area contributed by atoms with Crippen molar-refractivity contribution in [2.75, 3.05) is 18.0 Å². The van der Waals surface area contributed by atoms with E-state index in [1.807, 2.05) is 63.8 Å². The van der Waals surface area contributed by atoms with E-state index in [0.29, 0.717) is 54.9 Å². The van der Waals surface area contributed by atoms with Crippen molar-refractivity contribution in [3.63, 3.8) is 0 Å². The van der Waals surface area contributed by atoms with Crippen LogP contribution in [0.15, 0.2) is 116 Å². The molecule has 2 aliphatic rings. The monoisotopic (exact) mass is 941 g/mol. The Morgan fingerprint density at radius 3 is 1.68 bits per heavy atom. The fraction of sp³-hybridized carbons (Fsp3) is 0.318. The van der Waals surface area contributed by atoms with E-state index in [9.17, 15) is 56.7 Å². The van der Waals surface area contributed by atoms with Crippen LogP contribution in [0.25, 0.3) is 21.5 Å². The van der Waals surface area contributed by atoms with Crippen LogP contribution >= 0.6 is 0 Å². The zero-order chi connectivity index (χ0) is 46.7. The van der Waals surface area contributed by atoms with Crippen molar-refractivity contribution >= 4 is 84.9 Å². The van der Waals surface area contributed by atoms with E-state index >= 15 is 0 Å². The number of fused-ring (bicyclic) bond motifs is 6. The normalized spacial score (nSPS) is 17.4. The van der Waals surface area contributed by atoms with E-state index in [1.54, 1.807) is 30.4 Å². The van der Waals surface area contributed by atoms with Crippen LogP contribution < -0.4 is 4.90 Å². The lowest BCUT2D eigenvalue weighted by molar-refractivity contribution is -0.438. The summed E-state index contributed by atoms with van der Waals surface area (Å²) in [4.78, 5) is 10.9. The lowest BCUT2D eigenvalue weighted by atomic mass is 9.79. The van der Waals surface area contributed by atoms with E-state index in [0.717, 1.165) is 30.0 Å². The standard InChI is InChI=1S/C44H48N2O13S4/c1-7-45-35-21-19-31-33(24-29(60(48,49)50)26-37(31)62(54,55)56)41(35)43(3,4)39(45)17-13-9-8-10-14-18-40-44(5,6)42-34-25-30(61(51,52)53)27-38(63(57,58)59)32(34)20-22-36(42)46(40)23-15-11-12-16-28(2)47/h8-10,13-14,17-22,24-27H,7,11-12,15-16,23H2,1-6H3,(H3-,48,49,50,51,52,53,54,55,56,57,58,59)/p+1. The van der Waals surface area contributed by atoms with Gasteiger partial charge in [0.15, 0.2) is 5.71 Å². The topological polar surface area (TPSA) is 241 Å². The predicted molar refractivity (Wildman–Crippen MR) is 241 cm³/mol. The molecule has 15 nitrogen and oxygen atoms in total. The molecular weight excluding hydrogens is 893 g/mol. The van der Waals surface area contributed by atoms with Gasteiger partial charge in [-0.15, -0.1) is 0 Å². The van der Waals surface area contributed by atoms with Crippen LogP contribution in [0.5, 0.6) is 0 Å². The quantitative estimate of drug-likeness (QED) is 0.0384. The van der Waals surface area contributed by atoms with Crippen LogP contribution in [0.3, 0.4) is 0 Å². The van der Waals surface area contributed by atoms with Crippen molar-refractivity contribution < 1.29 is 61.3 Å². The van der Waals surface area contributed by atoms with Crippen LogP contribution in [0, 0.1) is 0 Å². The molecule has 2 aliphatic heterocycles. The van der Waals surface area contributed by atoms with E-state index in [4.69, 9.17) is 0 Å². The van der Waals surface area contributed by atoms with Gasteiger partial charge in [0.25, 0.3) is 40.5 Å². The number of ketones is 1. The molecule has 0 radical (unpaired) electrons. The first-order valence-electron chi connectivity index (χ1n) is 19.9. The van der Waals surface area contributed by atoms with Crippen LogP contribution in [-0.2, 0) is 56.1 Å². The number of carbonyl (C=O) groups excluding carboxylic acids is 1. The van der Waals surface area contributed by atoms with Gasteiger partial charge in [0.05, 0.1) is 15.2 Å². The number of rotatable bonds is 15. The lowest BCUT2D eigenvalue weighted by Gasteiger charge is -2.26. The highest BCUT2D eigenvalue weighted by molar-refractivity contribution is 7.87. The first kappa shape index (κ1) is 47.6. The molecular formula is C44H49N2O13S4+. The Morgan fingerprint density at radius 1 is 0.635 bits per heavy atom. The van der Waals surface area contributed by atoms with Gasteiger partial charge < -0.3 is 9.69 Å². The average molecular weight is 942 g/mol. The molecule has 0 spiro atoms. The maximum Gasteiger partial charge on any atom is 0.295 e. The molecule has 0 unspecified atom stereocenters. The van der Waals surface area contributed by atoms with Crippen LogP contribution in [0.4, 0.5) is 11.4 Å². The van der Waals surface area contributed by atoms with Crippen LogP contribution in [-0.4, -0.2) is 81.0 Å². The van der Waals surface area contributed by atoms with Gasteiger partial charge in [-0.05, 0) is 99.3 Å². The third-order valence-corrected chi connectivity index (χ3v) is 15.1. The minimum atomic E-state index is -4.92. The van der Waals surface area contributed by atoms with E-state index in [1.165, 1.54) is 31.2 Å². The molecule has 0 saturated heterocycles. The smallest absolute Gasteiger partial charge is 0.295 e. The summed E-state index contributed by atoms with van der Waals surface area (Å²) in [6, 6.07) is 10.3. The molecule has 2 heterocycles. The second kappa shape index (κ2) is 16.9.